The maximum atomic E-state index is 13.2. The highest BCUT2D eigenvalue weighted by Gasteiger charge is 2.41. The Morgan fingerprint density at radius 1 is 1.23 bits per heavy atom. The second kappa shape index (κ2) is 7.17. The van der Waals surface area contributed by atoms with Crippen LogP contribution < -0.4 is 4.90 Å². The second-order valence-corrected chi connectivity index (χ2v) is 7.13. The highest BCUT2D eigenvalue weighted by Crippen LogP contribution is 2.33. The number of ether oxygens (including phenoxy) is 1. The summed E-state index contributed by atoms with van der Waals surface area (Å²) < 4.78 is 19.3. The molecule has 2 saturated heterocycles. The predicted octanol–water partition coefficient (Wildman–Crippen LogP) is 2.34. The second-order valence-electron chi connectivity index (χ2n) is 7.13. The van der Waals surface area contributed by atoms with Crippen molar-refractivity contribution in [1.82, 2.24) is 14.9 Å². The molecule has 1 spiro atoms. The molecule has 6 nitrogen and oxygen atoms in total. The number of nitrogens with zero attached hydrogens (tertiary/aromatic N) is 3. The summed E-state index contributed by atoms with van der Waals surface area (Å²) in [5.74, 6) is -0.367. The van der Waals surface area contributed by atoms with Gasteiger partial charge in [0.1, 0.15) is 12.4 Å². The lowest BCUT2D eigenvalue weighted by molar-refractivity contribution is -0.140. The predicted molar refractivity (Wildman–Crippen MR) is 95.2 cm³/mol. The summed E-state index contributed by atoms with van der Waals surface area (Å²) in [5.41, 5.74) is 1.51. The van der Waals surface area contributed by atoms with Crippen LogP contribution >= 0.6 is 0 Å². The van der Waals surface area contributed by atoms with Gasteiger partial charge in [-0.2, -0.15) is 0 Å². The Morgan fingerprint density at radius 3 is 2.85 bits per heavy atom. The van der Waals surface area contributed by atoms with Gasteiger partial charge in [-0.25, -0.2) is 9.37 Å². The Bertz CT molecular complexity index is 749. The molecule has 2 aliphatic heterocycles. The molecule has 0 saturated carbocycles. The van der Waals surface area contributed by atoms with Gasteiger partial charge in [-0.05, 0) is 50.1 Å². The van der Waals surface area contributed by atoms with E-state index in [4.69, 9.17) is 4.74 Å². The summed E-state index contributed by atoms with van der Waals surface area (Å²) in [6.07, 6.45) is 6.35. The van der Waals surface area contributed by atoms with E-state index in [1.807, 2.05) is 6.20 Å². The first-order chi connectivity index (χ1) is 12.6. The van der Waals surface area contributed by atoms with E-state index >= 15 is 0 Å². The van der Waals surface area contributed by atoms with Crippen molar-refractivity contribution < 1.29 is 13.9 Å². The Kier molecular flexibility index (Phi) is 4.74. The van der Waals surface area contributed by atoms with Gasteiger partial charge in [-0.15, -0.1) is 0 Å². The van der Waals surface area contributed by atoms with Crippen molar-refractivity contribution in [2.24, 2.45) is 0 Å². The number of amides is 1. The van der Waals surface area contributed by atoms with E-state index in [0.29, 0.717) is 6.54 Å². The van der Waals surface area contributed by atoms with Crippen LogP contribution in [0.3, 0.4) is 0 Å². The molecule has 138 valence electrons. The normalized spacial score (nSPS) is 24.8. The number of hydrogen-bond donors (Lipinski definition) is 1. The number of carbonyl (C=O) groups excluding carboxylic acids is 1. The van der Waals surface area contributed by atoms with Crippen LogP contribution in [0.15, 0.2) is 36.8 Å². The van der Waals surface area contributed by atoms with Gasteiger partial charge in [-0.3, -0.25) is 9.69 Å². The molecule has 26 heavy (non-hydrogen) atoms. The average Bonchev–Trinajstić information content (AvgIpc) is 3.08. The molecule has 4 rings (SSSR count). The van der Waals surface area contributed by atoms with E-state index in [1.165, 1.54) is 12.1 Å². The molecule has 1 aromatic heterocycles. The average molecular weight is 358 g/mol. The molecule has 2 aliphatic rings. The zero-order valence-corrected chi connectivity index (χ0v) is 14.7. The zero-order chi connectivity index (χ0) is 18.0. The van der Waals surface area contributed by atoms with Gasteiger partial charge >= 0.3 is 0 Å². The van der Waals surface area contributed by atoms with E-state index < -0.39 is 0 Å². The molecule has 2 fully saturated rings. The van der Waals surface area contributed by atoms with Gasteiger partial charge in [0.2, 0.25) is 0 Å². The summed E-state index contributed by atoms with van der Waals surface area (Å²) in [6, 6.07) is 6.11. The summed E-state index contributed by atoms with van der Waals surface area (Å²) in [6.45, 7) is 3.35. The minimum absolute atomic E-state index is 0.0687. The molecule has 0 bridgehead atoms. The van der Waals surface area contributed by atoms with Crippen LogP contribution in [0.25, 0.3) is 0 Å². The molecule has 0 aliphatic carbocycles. The first-order valence-corrected chi connectivity index (χ1v) is 9.03. The number of rotatable bonds is 3. The largest absolute Gasteiger partial charge is 0.363 e. The minimum Gasteiger partial charge on any atom is -0.363 e. The van der Waals surface area contributed by atoms with Crippen molar-refractivity contribution in [2.45, 2.75) is 31.4 Å². The Balaban J connectivity index is 1.45. The number of carbonyl (C=O) groups is 1. The molecule has 1 unspecified atom stereocenters. The number of imidazole rings is 1. The number of likely N-dealkylation sites (tertiary alicyclic amines) is 1. The van der Waals surface area contributed by atoms with E-state index in [0.717, 1.165) is 50.3 Å². The third-order valence-corrected chi connectivity index (χ3v) is 5.33. The smallest absolute Gasteiger partial charge is 0.253 e. The monoisotopic (exact) mass is 358 g/mol. The van der Waals surface area contributed by atoms with E-state index in [-0.39, 0.29) is 23.9 Å². The molecule has 1 N–H and O–H groups in total. The number of aromatic nitrogens is 2. The van der Waals surface area contributed by atoms with Gasteiger partial charge in [0.25, 0.3) is 5.91 Å². The first kappa shape index (κ1) is 17.2. The number of H-pyrrole nitrogens is 1. The molecule has 1 amide bonds. The summed E-state index contributed by atoms with van der Waals surface area (Å²) in [7, 11) is 0. The fourth-order valence-corrected chi connectivity index (χ4v) is 3.87. The highest BCUT2D eigenvalue weighted by molar-refractivity contribution is 5.95. The maximum absolute atomic E-state index is 13.2. The molecule has 1 aromatic carbocycles. The molecule has 2 aromatic rings. The topological polar surface area (TPSA) is 61.5 Å². The Hall–Kier alpha value is -2.25. The molecular weight excluding hydrogens is 335 g/mol. The molecule has 0 radical (unpaired) electrons. The number of anilines is 1. The van der Waals surface area contributed by atoms with Crippen LogP contribution in [0.2, 0.25) is 0 Å². The summed E-state index contributed by atoms with van der Waals surface area (Å²) in [5, 5.41) is 0. The third kappa shape index (κ3) is 3.64. The van der Waals surface area contributed by atoms with Gasteiger partial charge in [-0.1, -0.05) is 0 Å². The quantitative estimate of drug-likeness (QED) is 0.915. The fraction of sp³-hybridized carbons (Fsp3) is 0.474. The van der Waals surface area contributed by atoms with Crippen LogP contribution in [-0.4, -0.2) is 52.6 Å². The lowest BCUT2D eigenvalue weighted by atomic mass is 9.92. The molecular formula is C19H23FN4O2. The van der Waals surface area contributed by atoms with E-state index in [1.54, 1.807) is 23.4 Å². The van der Waals surface area contributed by atoms with Crippen molar-refractivity contribution >= 4 is 11.6 Å². The van der Waals surface area contributed by atoms with Crippen LogP contribution in [0.5, 0.6) is 0 Å². The number of halogens is 1. The third-order valence-electron chi connectivity index (χ3n) is 5.33. The lowest BCUT2D eigenvalue weighted by Crippen LogP contribution is -2.55. The Labute approximate surface area is 152 Å². The summed E-state index contributed by atoms with van der Waals surface area (Å²) in [4.78, 5) is 23.7. The number of benzene rings is 1. The molecule has 3 heterocycles. The lowest BCUT2D eigenvalue weighted by Gasteiger charge is -2.42. The van der Waals surface area contributed by atoms with E-state index in [9.17, 15) is 9.18 Å². The number of hydrogen-bond acceptors (Lipinski definition) is 4. The standard InChI is InChI=1S/C19H23FN4O2/c20-15-2-4-17(5-3-15)24-13-19(26-12-18(24)25)6-1-8-23(9-7-19)11-16-10-21-14-22-16/h2-5,10,14H,1,6-9,11-13H2,(H,21,22). The maximum Gasteiger partial charge on any atom is 0.253 e. The number of nitrogens with one attached hydrogen (secondary N) is 1. The fourth-order valence-electron chi connectivity index (χ4n) is 3.87. The van der Waals surface area contributed by atoms with Gasteiger partial charge < -0.3 is 14.6 Å². The van der Waals surface area contributed by atoms with Crippen molar-refractivity contribution in [3.63, 3.8) is 0 Å². The van der Waals surface area contributed by atoms with Crippen molar-refractivity contribution in [3.05, 3.63) is 48.3 Å². The van der Waals surface area contributed by atoms with E-state index in [2.05, 4.69) is 14.9 Å². The SMILES string of the molecule is O=C1COC2(CCCN(Cc3cnc[nH]3)CC2)CN1c1ccc(F)cc1. The summed E-state index contributed by atoms with van der Waals surface area (Å²) >= 11 is 0. The van der Waals surface area contributed by atoms with Crippen molar-refractivity contribution in [3.8, 4) is 0 Å². The van der Waals surface area contributed by atoms with Crippen molar-refractivity contribution in [2.75, 3.05) is 31.1 Å². The van der Waals surface area contributed by atoms with Crippen LogP contribution in [0.4, 0.5) is 10.1 Å². The van der Waals surface area contributed by atoms with Gasteiger partial charge in [0, 0.05) is 30.7 Å². The zero-order valence-electron chi connectivity index (χ0n) is 14.7. The van der Waals surface area contributed by atoms with Crippen LogP contribution in [0.1, 0.15) is 25.0 Å². The Morgan fingerprint density at radius 2 is 2.08 bits per heavy atom. The molecule has 1 atom stereocenters. The van der Waals surface area contributed by atoms with Crippen LogP contribution in [0, 0.1) is 5.82 Å². The number of morpholine rings is 1. The molecule has 7 heteroatoms. The van der Waals surface area contributed by atoms with Gasteiger partial charge in [0.05, 0.1) is 18.5 Å². The van der Waals surface area contributed by atoms with Gasteiger partial charge in [0.15, 0.2) is 0 Å². The highest BCUT2D eigenvalue weighted by atomic mass is 19.1. The van der Waals surface area contributed by atoms with Crippen LogP contribution in [-0.2, 0) is 16.1 Å². The minimum atomic E-state index is -0.328. The first-order valence-electron chi connectivity index (χ1n) is 9.03. The number of aromatic amines is 1. The van der Waals surface area contributed by atoms with Crippen molar-refractivity contribution in [1.29, 1.82) is 0 Å².